The van der Waals surface area contributed by atoms with Crippen molar-refractivity contribution in [2.45, 2.75) is 6.42 Å². The maximum absolute atomic E-state index is 12.8. The number of hydrogen-bond donors (Lipinski definition) is 0. The van der Waals surface area contributed by atoms with Gasteiger partial charge in [0.15, 0.2) is 0 Å². The van der Waals surface area contributed by atoms with Crippen LogP contribution < -0.4 is 4.90 Å². The van der Waals surface area contributed by atoms with E-state index in [9.17, 15) is 9.59 Å². The Balaban J connectivity index is 1.34. The smallest absolute Gasteiger partial charge is 0.255 e. The van der Waals surface area contributed by atoms with E-state index < -0.39 is 0 Å². The first-order valence-corrected chi connectivity index (χ1v) is 10.5. The molecule has 0 radical (unpaired) electrons. The van der Waals surface area contributed by atoms with Crippen LogP contribution >= 0.6 is 27.5 Å². The van der Waals surface area contributed by atoms with E-state index in [0.29, 0.717) is 43.3 Å². The molecule has 0 aromatic heterocycles. The lowest BCUT2D eigenvalue weighted by Gasteiger charge is -2.35. The van der Waals surface area contributed by atoms with Crippen LogP contribution in [0.5, 0.6) is 0 Å². The fourth-order valence-corrected chi connectivity index (χ4v) is 4.37. The topological polar surface area (TPSA) is 43.9 Å². The normalized spacial score (nSPS) is 16.9. The first-order valence-electron chi connectivity index (χ1n) is 9.38. The third-order valence-corrected chi connectivity index (χ3v) is 6.19. The predicted molar refractivity (Wildman–Crippen MR) is 114 cm³/mol. The fourth-order valence-electron chi connectivity index (χ4n) is 3.81. The predicted octanol–water partition coefficient (Wildman–Crippen LogP) is 3.45. The Morgan fingerprint density at radius 3 is 2.54 bits per heavy atom. The molecule has 28 heavy (non-hydrogen) atoms. The summed E-state index contributed by atoms with van der Waals surface area (Å²) in [6, 6.07) is 13.4. The summed E-state index contributed by atoms with van der Waals surface area (Å²) in [7, 11) is 0. The molecule has 2 aliphatic heterocycles. The van der Waals surface area contributed by atoms with Crippen molar-refractivity contribution in [2.75, 3.05) is 44.2 Å². The van der Waals surface area contributed by atoms with E-state index in [1.54, 1.807) is 17.0 Å². The molecular weight excluding hydrogens is 442 g/mol. The Morgan fingerprint density at radius 1 is 1.00 bits per heavy atom. The van der Waals surface area contributed by atoms with E-state index >= 15 is 0 Å². The molecule has 5 nitrogen and oxygen atoms in total. The summed E-state index contributed by atoms with van der Waals surface area (Å²) in [4.78, 5) is 31.4. The molecule has 0 atom stereocenters. The van der Waals surface area contributed by atoms with Gasteiger partial charge in [-0.1, -0.05) is 45.7 Å². The zero-order valence-corrected chi connectivity index (χ0v) is 17.7. The quantitative estimate of drug-likeness (QED) is 0.702. The summed E-state index contributed by atoms with van der Waals surface area (Å²) in [5.41, 5.74) is 2.78. The maximum atomic E-state index is 12.8. The van der Waals surface area contributed by atoms with Crippen LogP contribution in [0.2, 0.25) is 5.02 Å². The number of carbonyl (C=O) groups is 2. The molecule has 0 saturated carbocycles. The highest BCUT2D eigenvalue weighted by molar-refractivity contribution is 9.10. The Hall–Kier alpha value is -1.89. The minimum absolute atomic E-state index is 0.0641. The number of rotatable bonds is 3. The van der Waals surface area contributed by atoms with Gasteiger partial charge in [0.1, 0.15) is 0 Å². The minimum atomic E-state index is -0.0641. The van der Waals surface area contributed by atoms with Crippen LogP contribution in [0.4, 0.5) is 5.69 Å². The summed E-state index contributed by atoms with van der Waals surface area (Å²) in [6.07, 6.45) is 0.914. The average Bonchev–Trinajstić information content (AvgIpc) is 3.14. The highest BCUT2D eigenvalue weighted by Crippen LogP contribution is 2.27. The number of anilines is 1. The lowest BCUT2D eigenvalue weighted by molar-refractivity contribution is -0.120. The highest BCUT2D eigenvalue weighted by Gasteiger charge is 2.28. The molecule has 0 spiro atoms. The van der Waals surface area contributed by atoms with Crippen molar-refractivity contribution in [3.8, 4) is 0 Å². The number of amides is 2. The Morgan fingerprint density at radius 2 is 1.75 bits per heavy atom. The van der Waals surface area contributed by atoms with Crippen LogP contribution in [-0.4, -0.2) is 60.9 Å². The zero-order chi connectivity index (χ0) is 19.7. The third kappa shape index (κ3) is 3.95. The number of halogens is 2. The minimum Gasteiger partial charge on any atom is -0.336 e. The molecule has 1 fully saturated rings. The Labute approximate surface area is 178 Å². The summed E-state index contributed by atoms with van der Waals surface area (Å²) < 4.78 is 0.829. The highest BCUT2D eigenvalue weighted by atomic mass is 79.9. The largest absolute Gasteiger partial charge is 0.336 e. The molecule has 2 aliphatic rings. The van der Waals surface area contributed by atoms with Gasteiger partial charge >= 0.3 is 0 Å². The lowest BCUT2D eigenvalue weighted by atomic mass is 10.1. The van der Waals surface area contributed by atoms with Gasteiger partial charge in [0.25, 0.3) is 5.91 Å². The van der Waals surface area contributed by atoms with Gasteiger partial charge in [0.05, 0.1) is 17.1 Å². The van der Waals surface area contributed by atoms with Crippen molar-refractivity contribution in [1.29, 1.82) is 0 Å². The molecular formula is C21H21BrClN3O2. The Kier molecular flexibility index (Phi) is 5.71. The standard InChI is InChI=1S/C21H21BrClN3O2/c22-16-5-6-18(23)17(13-16)21(28)25-11-9-24(10-12-25)14-20(27)26-8-7-15-3-1-2-4-19(15)26/h1-6,13H,7-12,14H2. The number of para-hydroxylation sites is 1. The maximum Gasteiger partial charge on any atom is 0.255 e. The van der Waals surface area contributed by atoms with E-state index in [2.05, 4.69) is 26.9 Å². The number of carbonyl (C=O) groups excluding carboxylic acids is 2. The zero-order valence-electron chi connectivity index (χ0n) is 15.4. The van der Waals surface area contributed by atoms with Gasteiger partial charge in [-0.3, -0.25) is 14.5 Å². The molecule has 0 N–H and O–H groups in total. The van der Waals surface area contributed by atoms with Gasteiger partial charge in [-0.2, -0.15) is 0 Å². The molecule has 2 amide bonds. The molecule has 146 valence electrons. The second-order valence-electron chi connectivity index (χ2n) is 7.12. The van der Waals surface area contributed by atoms with Gasteiger partial charge in [-0.05, 0) is 36.2 Å². The molecule has 1 saturated heterocycles. The van der Waals surface area contributed by atoms with Crippen molar-refractivity contribution < 1.29 is 9.59 Å². The number of benzene rings is 2. The van der Waals surface area contributed by atoms with Crippen molar-refractivity contribution >= 4 is 45.0 Å². The second-order valence-corrected chi connectivity index (χ2v) is 8.44. The first-order chi connectivity index (χ1) is 13.5. The summed E-state index contributed by atoms with van der Waals surface area (Å²) in [6.45, 7) is 3.67. The summed E-state index contributed by atoms with van der Waals surface area (Å²) in [5, 5.41) is 0.457. The molecule has 2 heterocycles. The number of fused-ring (bicyclic) bond motifs is 1. The van der Waals surface area contributed by atoms with Crippen LogP contribution in [-0.2, 0) is 11.2 Å². The van der Waals surface area contributed by atoms with E-state index in [4.69, 9.17) is 11.6 Å². The Bertz CT molecular complexity index is 912. The van der Waals surface area contributed by atoms with Crippen molar-refractivity contribution in [3.63, 3.8) is 0 Å². The van der Waals surface area contributed by atoms with E-state index in [1.807, 2.05) is 29.2 Å². The fraction of sp³-hybridized carbons (Fsp3) is 0.333. The van der Waals surface area contributed by atoms with Crippen LogP contribution in [0, 0.1) is 0 Å². The van der Waals surface area contributed by atoms with E-state index in [-0.39, 0.29) is 11.8 Å². The molecule has 7 heteroatoms. The number of hydrogen-bond acceptors (Lipinski definition) is 3. The van der Waals surface area contributed by atoms with Crippen molar-refractivity contribution in [3.05, 3.63) is 63.1 Å². The molecule has 2 aromatic carbocycles. The van der Waals surface area contributed by atoms with Gasteiger partial charge < -0.3 is 9.80 Å². The van der Waals surface area contributed by atoms with Crippen molar-refractivity contribution in [2.24, 2.45) is 0 Å². The average molecular weight is 463 g/mol. The van der Waals surface area contributed by atoms with Gasteiger partial charge in [0, 0.05) is 42.9 Å². The SMILES string of the molecule is O=C(c1cc(Br)ccc1Cl)N1CCN(CC(=O)N2CCc3ccccc32)CC1. The van der Waals surface area contributed by atoms with Crippen LogP contribution in [0.3, 0.4) is 0 Å². The monoisotopic (exact) mass is 461 g/mol. The first kappa shape index (κ1) is 19.4. The molecule has 0 bridgehead atoms. The number of piperazine rings is 1. The van der Waals surface area contributed by atoms with Crippen molar-refractivity contribution in [1.82, 2.24) is 9.80 Å². The van der Waals surface area contributed by atoms with Gasteiger partial charge in [-0.25, -0.2) is 0 Å². The summed E-state index contributed by atoms with van der Waals surface area (Å²) >= 11 is 9.58. The van der Waals surface area contributed by atoms with Gasteiger partial charge in [-0.15, -0.1) is 0 Å². The molecule has 2 aromatic rings. The van der Waals surface area contributed by atoms with Crippen LogP contribution in [0.25, 0.3) is 0 Å². The lowest BCUT2D eigenvalue weighted by Crippen LogP contribution is -2.51. The van der Waals surface area contributed by atoms with E-state index in [0.717, 1.165) is 23.1 Å². The summed E-state index contributed by atoms with van der Waals surface area (Å²) in [5.74, 6) is 0.0607. The number of nitrogens with zero attached hydrogens (tertiary/aromatic N) is 3. The molecule has 0 unspecified atom stereocenters. The van der Waals surface area contributed by atoms with E-state index in [1.165, 1.54) is 5.56 Å². The molecule has 4 rings (SSSR count). The van der Waals surface area contributed by atoms with Gasteiger partial charge in [0.2, 0.25) is 5.91 Å². The van der Waals surface area contributed by atoms with Crippen LogP contribution in [0.1, 0.15) is 15.9 Å². The second kappa shape index (κ2) is 8.23. The third-order valence-electron chi connectivity index (χ3n) is 5.37. The van der Waals surface area contributed by atoms with Crippen LogP contribution in [0.15, 0.2) is 46.9 Å². The molecule has 0 aliphatic carbocycles.